The number of hydrogen-bond donors (Lipinski definition) is 0. The van der Waals surface area contributed by atoms with E-state index in [4.69, 9.17) is 4.74 Å². The Labute approximate surface area is 173 Å². The molecule has 1 aromatic carbocycles. The van der Waals surface area contributed by atoms with Crippen LogP contribution in [0.15, 0.2) is 24.3 Å². The summed E-state index contributed by atoms with van der Waals surface area (Å²) in [6.07, 6.45) is 16.4. The fraction of sp³-hybridized carbons (Fsp3) is 0.731. The normalized spacial score (nSPS) is 20.5. The molecule has 0 N–H and O–H groups in total. The summed E-state index contributed by atoms with van der Waals surface area (Å²) in [6, 6.07) is 11.1. The zero-order chi connectivity index (χ0) is 20.0. The minimum Gasteiger partial charge on any atom is -0.494 e. The predicted octanol–water partition coefficient (Wildman–Crippen LogP) is 7.71. The zero-order valence-electron chi connectivity index (χ0n) is 18.3. The van der Waals surface area contributed by atoms with Gasteiger partial charge in [0.1, 0.15) is 5.75 Å². The van der Waals surface area contributed by atoms with E-state index in [1.807, 2.05) is 0 Å². The van der Waals surface area contributed by atoms with Crippen molar-refractivity contribution in [2.24, 2.45) is 17.8 Å². The average Bonchev–Trinajstić information content (AvgIpc) is 2.73. The molecule has 156 valence electrons. The molecule has 0 spiro atoms. The Hall–Kier alpha value is -1.49. The minimum atomic E-state index is 0.164. The van der Waals surface area contributed by atoms with Gasteiger partial charge in [-0.15, -0.1) is 0 Å². The van der Waals surface area contributed by atoms with Gasteiger partial charge < -0.3 is 4.74 Å². The molecule has 1 fully saturated rings. The summed E-state index contributed by atoms with van der Waals surface area (Å²) in [5.74, 6) is 2.62. The predicted molar refractivity (Wildman–Crippen MR) is 118 cm³/mol. The fourth-order valence-electron chi connectivity index (χ4n) is 4.65. The van der Waals surface area contributed by atoms with Gasteiger partial charge in [0.15, 0.2) is 0 Å². The Kier molecular flexibility index (Phi) is 11.1. The van der Waals surface area contributed by atoms with Crippen molar-refractivity contribution in [3.05, 3.63) is 29.8 Å². The minimum absolute atomic E-state index is 0.164. The van der Waals surface area contributed by atoms with Gasteiger partial charge in [-0.25, -0.2) is 0 Å². The highest BCUT2D eigenvalue weighted by atomic mass is 16.5. The third kappa shape index (κ3) is 8.26. The number of ether oxygens (including phenoxy) is 1. The van der Waals surface area contributed by atoms with Crippen molar-refractivity contribution in [3.8, 4) is 11.8 Å². The molecule has 1 atom stereocenters. The van der Waals surface area contributed by atoms with Gasteiger partial charge in [-0.05, 0) is 55.2 Å². The second-order valence-corrected chi connectivity index (χ2v) is 8.77. The maximum Gasteiger partial charge on any atom is 0.119 e. The SMILES string of the molecule is CCCCCCCCOc1ccc(CC(C#N)C2CCC(CCC)CC2)cc1. The molecule has 1 aliphatic carbocycles. The Morgan fingerprint density at radius 1 is 0.929 bits per heavy atom. The highest BCUT2D eigenvalue weighted by Crippen LogP contribution is 2.36. The van der Waals surface area contributed by atoms with E-state index in [0.717, 1.165) is 31.1 Å². The number of nitriles is 1. The van der Waals surface area contributed by atoms with E-state index < -0.39 is 0 Å². The Morgan fingerprint density at radius 3 is 2.25 bits per heavy atom. The molecule has 0 aromatic heterocycles. The van der Waals surface area contributed by atoms with E-state index >= 15 is 0 Å². The third-order valence-corrected chi connectivity index (χ3v) is 6.47. The quantitative estimate of drug-likeness (QED) is 0.327. The Balaban J connectivity index is 1.70. The van der Waals surface area contributed by atoms with E-state index in [9.17, 15) is 5.26 Å². The highest BCUT2D eigenvalue weighted by molar-refractivity contribution is 5.28. The van der Waals surface area contributed by atoms with Gasteiger partial charge in [-0.1, -0.05) is 83.8 Å². The molecule has 0 radical (unpaired) electrons. The number of rotatable bonds is 13. The van der Waals surface area contributed by atoms with Crippen LogP contribution in [-0.4, -0.2) is 6.61 Å². The van der Waals surface area contributed by atoms with Gasteiger partial charge in [0.05, 0.1) is 18.6 Å². The first-order chi connectivity index (χ1) is 13.8. The lowest BCUT2D eigenvalue weighted by molar-refractivity contribution is 0.223. The topological polar surface area (TPSA) is 33.0 Å². The van der Waals surface area contributed by atoms with Crippen molar-refractivity contribution >= 4 is 0 Å². The molecule has 1 saturated carbocycles. The number of nitrogens with zero attached hydrogens (tertiary/aromatic N) is 1. The van der Waals surface area contributed by atoms with Gasteiger partial charge in [0.2, 0.25) is 0 Å². The molecular formula is C26H41NO. The first kappa shape index (κ1) is 22.8. The van der Waals surface area contributed by atoms with Crippen LogP contribution in [0.3, 0.4) is 0 Å². The molecular weight excluding hydrogens is 342 g/mol. The smallest absolute Gasteiger partial charge is 0.119 e. The van der Waals surface area contributed by atoms with Gasteiger partial charge in [0, 0.05) is 0 Å². The van der Waals surface area contributed by atoms with E-state index in [1.165, 1.54) is 76.2 Å². The van der Waals surface area contributed by atoms with Crippen molar-refractivity contribution in [1.29, 1.82) is 5.26 Å². The van der Waals surface area contributed by atoms with Crippen molar-refractivity contribution < 1.29 is 4.74 Å². The first-order valence-corrected chi connectivity index (χ1v) is 11.9. The van der Waals surface area contributed by atoms with Crippen LogP contribution in [0.1, 0.15) is 96.5 Å². The second kappa shape index (κ2) is 13.6. The lowest BCUT2D eigenvalue weighted by atomic mass is 9.73. The van der Waals surface area contributed by atoms with E-state index in [-0.39, 0.29) is 5.92 Å². The highest BCUT2D eigenvalue weighted by Gasteiger charge is 2.27. The van der Waals surface area contributed by atoms with Gasteiger partial charge >= 0.3 is 0 Å². The molecule has 0 bridgehead atoms. The number of hydrogen-bond acceptors (Lipinski definition) is 2. The summed E-state index contributed by atoms with van der Waals surface area (Å²) in [4.78, 5) is 0. The van der Waals surface area contributed by atoms with E-state index in [2.05, 4.69) is 44.2 Å². The molecule has 0 saturated heterocycles. The summed E-state index contributed by atoms with van der Waals surface area (Å²) >= 11 is 0. The Bertz CT molecular complexity index is 551. The van der Waals surface area contributed by atoms with Crippen LogP contribution in [-0.2, 0) is 6.42 Å². The first-order valence-electron chi connectivity index (χ1n) is 11.9. The molecule has 2 rings (SSSR count). The van der Waals surface area contributed by atoms with Crippen molar-refractivity contribution in [1.82, 2.24) is 0 Å². The summed E-state index contributed by atoms with van der Waals surface area (Å²) < 4.78 is 5.88. The van der Waals surface area contributed by atoms with Crippen molar-refractivity contribution in [3.63, 3.8) is 0 Å². The van der Waals surface area contributed by atoms with Crippen LogP contribution in [0, 0.1) is 29.1 Å². The largest absolute Gasteiger partial charge is 0.494 e. The van der Waals surface area contributed by atoms with Crippen molar-refractivity contribution in [2.45, 2.75) is 97.3 Å². The van der Waals surface area contributed by atoms with Gasteiger partial charge in [-0.3, -0.25) is 0 Å². The Morgan fingerprint density at radius 2 is 1.61 bits per heavy atom. The third-order valence-electron chi connectivity index (χ3n) is 6.47. The molecule has 1 aliphatic rings. The second-order valence-electron chi connectivity index (χ2n) is 8.77. The molecule has 0 aliphatic heterocycles. The number of unbranched alkanes of at least 4 members (excludes halogenated alkanes) is 5. The number of benzene rings is 1. The summed E-state index contributed by atoms with van der Waals surface area (Å²) in [5, 5.41) is 9.71. The summed E-state index contributed by atoms with van der Waals surface area (Å²) in [5.41, 5.74) is 1.27. The van der Waals surface area contributed by atoms with Crippen LogP contribution in [0.5, 0.6) is 5.75 Å². The summed E-state index contributed by atoms with van der Waals surface area (Å²) in [7, 11) is 0. The van der Waals surface area contributed by atoms with Crippen LogP contribution < -0.4 is 4.74 Å². The molecule has 28 heavy (non-hydrogen) atoms. The molecule has 0 amide bonds. The standard InChI is InChI=1S/C26H41NO/c1-3-5-6-7-8-9-19-28-26-17-13-23(14-18-26)20-25(21-27)24-15-11-22(10-4-2)12-16-24/h13-14,17-18,22,24-25H,3-12,15-16,19-20H2,1-2H3. The van der Waals surface area contributed by atoms with E-state index in [1.54, 1.807) is 0 Å². The molecule has 2 nitrogen and oxygen atoms in total. The summed E-state index contributed by atoms with van der Waals surface area (Å²) in [6.45, 7) is 5.35. The van der Waals surface area contributed by atoms with Gasteiger partial charge in [-0.2, -0.15) is 5.26 Å². The maximum absolute atomic E-state index is 9.71. The van der Waals surface area contributed by atoms with Crippen molar-refractivity contribution in [2.75, 3.05) is 6.61 Å². The monoisotopic (exact) mass is 383 g/mol. The van der Waals surface area contributed by atoms with Crippen LogP contribution >= 0.6 is 0 Å². The maximum atomic E-state index is 9.71. The lowest BCUT2D eigenvalue weighted by Crippen LogP contribution is -2.22. The average molecular weight is 384 g/mol. The van der Waals surface area contributed by atoms with Gasteiger partial charge in [0.25, 0.3) is 0 Å². The molecule has 1 aromatic rings. The molecule has 2 heteroatoms. The van der Waals surface area contributed by atoms with Crippen LogP contribution in [0.4, 0.5) is 0 Å². The lowest BCUT2D eigenvalue weighted by Gasteiger charge is -2.31. The fourth-order valence-corrected chi connectivity index (χ4v) is 4.65. The van der Waals surface area contributed by atoms with Crippen LogP contribution in [0.2, 0.25) is 0 Å². The zero-order valence-corrected chi connectivity index (χ0v) is 18.3. The van der Waals surface area contributed by atoms with E-state index in [0.29, 0.717) is 5.92 Å². The van der Waals surface area contributed by atoms with Crippen LogP contribution in [0.25, 0.3) is 0 Å². The molecule has 1 unspecified atom stereocenters. The molecule has 0 heterocycles.